The lowest BCUT2D eigenvalue weighted by molar-refractivity contribution is 0.628. The number of benzene rings is 2. The molecule has 0 aliphatic carbocycles. The first-order valence-electron chi connectivity index (χ1n) is 7.66. The van der Waals surface area contributed by atoms with Gasteiger partial charge in [0.15, 0.2) is 0 Å². The maximum absolute atomic E-state index is 13.1. The molecule has 4 rings (SSSR count). The highest BCUT2D eigenvalue weighted by Crippen LogP contribution is 2.20. The molecule has 0 aliphatic rings. The van der Waals surface area contributed by atoms with Crippen molar-refractivity contribution in [2.24, 2.45) is 0 Å². The van der Waals surface area contributed by atoms with E-state index in [1.807, 2.05) is 19.1 Å². The lowest BCUT2D eigenvalue weighted by Crippen LogP contribution is -2.19. The Morgan fingerprint density at radius 1 is 1.08 bits per heavy atom. The van der Waals surface area contributed by atoms with Crippen molar-refractivity contribution in [3.63, 3.8) is 0 Å². The summed E-state index contributed by atoms with van der Waals surface area (Å²) in [6.45, 7) is 1.90. The quantitative estimate of drug-likeness (QED) is 0.540. The fraction of sp³-hybridized carbons (Fsp3) is 0.0526. The highest BCUT2D eigenvalue weighted by molar-refractivity contribution is 6.31. The van der Waals surface area contributed by atoms with Gasteiger partial charge in [-0.1, -0.05) is 17.7 Å². The lowest BCUT2D eigenvalue weighted by atomic mass is 10.2. The predicted octanol–water partition coefficient (Wildman–Crippen LogP) is 4.25. The van der Waals surface area contributed by atoms with Crippen LogP contribution in [0.5, 0.6) is 0 Å². The summed E-state index contributed by atoms with van der Waals surface area (Å²) in [5.74, 6) is -0.314. The molecular formula is C19H13ClFN3O. The van der Waals surface area contributed by atoms with Crippen molar-refractivity contribution in [3.8, 4) is 16.9 Å². The maximum Gasteiger partial charge on any atom is 0.298 e. The van der Waals surface area contributed by atoms with Crippen LogP contribution in [0.15, 0.2) is 65.8 Å². The van der Waals surface area contributed by atoms with Crippen LogP contribution in [0.25, 0.3) is 22.6 Å². The van der Waals surface area contributed by atoms with Gasteiger partial charge >= 0.3 is 0 Å². The molecule has 0 saturated carbocycles. The topological polar surface area (TPSA) is 39.3 Å². The van der Waals surface area contributed by atoms with Crippen LogP contribution in [0.4, 0.5) is 4.39 Å². The van der Waals surface area contributed by atoms with E-state index in [1.54, 1.807) is 41.2 Å². The lowest BCUT2D eigenvalue weighted by Gasteiger charge is -2.07. The molecular weight excluding hydrogens is 341 g/mol. The molecule has 6 heteroatoms. The van der Waals surface area contributed by atoms with Crippen LogP contribution in [0.3, 0.4) is 0 Å². The number of hydrogen-bond donors (Lipinski definition) is 0. The molecule has 4 aromatic rings. The summed E-state index contributed by atoms with van der Waals surface area (Å²) in [7, 11) is 0. The SMILES string of the molecule is Cc1ccc(-n2ccn3cc(-c4ccc(F)cc4)nc3c2=O)cc1Cl. The summed E-state index contributed by atoms with van der Waals surface area (Å²) in [6, 6.07) is 11.5. The van der Waals surface area contributed by atoms with Crippen LogP contribution in [0.1, 0.15) is 5.56 Å². The van der Waals surface area contributed by atoms with E-state index in [0.717, 1.165) is 11.1 Å². The van der Waals surface area contributed by atoms with Crippen molar-refractivity contribution in [1.29, 1.82) is 0 Å². The van der Waals surface area contributed by atoms with Crippen molar-refractivity contribution in [2.45, 2.75) is 6.92 Å². The van der Waals surface area contributed by atoms with Gasteiger partial charge in [-0.3, -0.25) is 9.36 Å². The minimum absolute atomic E-state index is 0.254. The van der Waals surface area contributed by atoms with E-state index in [-0.39, 0.29) is 11.4 Å². The summed E-state index contributed by atoms with van der Waals surface area (Å²) in [4.78, 5) is 17.2. The molecule has 0 amide bonds. The largest absolute Gasteiger partial charge is 0.300 e. The number of nitrogens with zero attached hydrogens (tertiary/aromatic N) is 3. The zero-order valence-electron chi connectivity index (χ0n) is 13.3. The molecule has 25 heavy (non-hydrogen) atoms. The van der Waals surface area contributed by atoms with Gasteiger partial charge in [0.25, 0.3) is 5.56 Å². The van der Waals surface area contributed by atoms with E-state index in [2.05, 4.69) is 4.98 Å². The monoisotopic (exact) mass is 353 g/mol. The highest BCUT2D eigenvalue weighted by atomic mass is 35.5. The average Bonchev–Trinajstić information content (AvgIpc) is 3.04. The summed E-state index contributed by atoms with van der Waals surface area (Å²) in [5, 5.41) is 0.597. The van der Waals surface area contributed by atoms with E-state index >= 15 is 0 Å². The van der Waals surface area contributed by atoms with Gasteiger partial charge in [0.1, 0.15) is 5.82 Å². The number of fused-ring (bicyclic) bond motifs is 1. The maximum atomic E-state index is 13.1. The van der Waals surface area contributed by atoms with Crippen LogP contribution in [0.2, 0.25) is 5.02 Å². The zero-order chi connectivity index (χ0) is 17.6. The predicted molar refractivity (Wildman–Crippen MR) is 95.9 cm³/mol. The van der Waals surface area contributed by atoms with Crippen molar-refractivity contribution < 1.29 is 4.39 Å². The van der Waals surface area contributed by atoms with Crippen molar-refractivity contribution in [2.75, 3.05) is 0 Å². The highest BCUT2D eigenvalue weighted by Gasteiger charge is 2.11. The molecule has 2 heterocycles. The molecule has 0 bridgehead atoms. The average molecular weight is 354 g/mol. The van der Waals surface area contributed by atoms with Crippen molar-refractivity contribution in [3.05, 3.63) is 87.8 Å². The second-order valence-electron chi connectivity index (χ2n) is 5.77. The standard InChI is InChI=1S/C19H13ClFN3O/c1-12-2-7-15(10-16(12)20)24-9-8-23-11-17(22-18(23)19(24)25)13-3-5-14(21)6-4-13/h2-11H,1H3. The molecule has 2 aromatic heterocycles. The Labute approximate surface area is 147 Å². The third-order valence-electron chi connectivity index (χ3n) is 4.09. The molecule has 0 saturated heterocycles. The van der Waals surface area contributed by atoms with Gasteiger partial charge in [-0.05, 0) is 48.9 Å². The Bertz CT molecular complexity index is 1150. The van der Waals surface area contributed by atoms with Gasteiger partial charge in [0.05, 0.1) is 11.4 Å². The Hall–Kier alpha value is -2.92. The minimum Gasteiger partial charge on any atom is -0.300 e. The smallest absolute Gasteiger partial charge is 0.298 e. The van der Waals surface area contributed by atoms with E-state index in [4.69, 9.17) is 11.6 Å². The second-order valence-corrected chi connectivity index (χ2v) is 6.18. The summed E-state index contributed by atoms with van der Waals surface area (Å²) in [6.07, 6.45) is 5.17. The molecule has 0 unspecified atom stereocenters. The number of halogens is 2. The number of hydrogen-bond acceptors (Lipinski definition) is 2. The molecule has 124 valence electrons. The molecule has 0 spiro atoms. The molecule has 0 radical (unpaired) electrons. The number of aromatic nitrogens is 3. The Morgan fingerprint density at radius 2 is 1.84 bits per heavy atom. The van der Waals surface area contributed by atoms with Crippen LogP contribution in [-0.2, 0) is 0 Å². The van der Waals surface area contributed by atoms with E-state index < -0.39 is 0 Å². The first-order chi connectivity index (χ1) is 12.0. The van der Waals surface area contributed by atoms with Gasteiger partial charge < -0.3 is 4.40 Å². The van der Waals surface area contributed by atoms with Crippen LogP contribution < -0.4 is 5.56 Å². The molecule has 0 N–H and O–H groups in total. The van der Waals surface area contributed by atoms with E-state index in [0.29, 0.717) is 22.1 Å². The minimum atomic E-state index is -0.314. The third-order valence-corrected chi connectivity index (χ3v) is 4.50. The van der Waals surface area contributed by atoms with Gasteiger partial charge in [-0.25, -0.2) is 9.37 Å². The van der Waals surface area contributed by atoms with Crippen LogP contribution in [0, 0.1) is 12.7 Å². The van der Waals surface area contributed by atoms with Crippen molar-refractivity contribution in [1.82, 2.24) is 14.0 Å². The molecule has 0 aliphatic heterocycles. The zero-order valence-corrected chi connectivity index (χ0v) is 14.0. The molecule has 0 atom stereocenters. The normalized spacial score (nSPS) is 11.2. The van der Waals surface area contributed by atoms with E-state index in [9.17, 15) is 9.18 Å². The fourth-order valence-electron chi connectivity index (χ4n) is 2.67. The van der Waals surface area contributed by atoms with Crippen LogP contribution in [-0.4, -0.2) is 14.0 Å². The fourth-order valence-corrected chi connectivity index (χ4v) is 2.85. The Balaban J connectivity index is 1.86. The second kappa shape index (κ2) is 5.86. The Kier molecular flexibility index (Phi) is 3.66. The number of rotatable bonds is 2. The van der Waals surface area contributed by atoms with E-state index in [1.165, 1.54) is 16.7 Å². The van der Waals surface area contributed by atoms with Gasteiger partial charge in [-0.2, -0.15) is 0 Å². The van der Waals surface area contributed by atoms with Gasteiger partial charge in [0, 0.05) is 29.2 Å². The third kappa shape index (κ3) is 2.72. The van der Waals surface area contributed by atoms with Crippen molar-refractivity contribution >= 4 is 17.2 Å². The number of aryl methyl sites for hydroxylation is 1. The molecule has 0 fully saturated rings. The summed E-state index contributed by atoms with van der Waals surface area (Å²) >= 11 is 6.16. The summed E-state index contributed by atoms with van der Waals surface area (Å²) in [5.41, 5.74) is 3.01. The molecule has 4 nitrogen and oxygen atoms in total. The Morgan fingerprint density at radius 3 is 2.56 bits per heavy atom. The first kappa shape index (κ1) is 15.6. The molecule has 2 aromatic carbocycles. The van der Waals surface area contributed by atoms with Gasteiger partial charge in [0.2, 0.25) is 5.65 Å². The van der Waals surface area contributed by atoms with Crippen LogP contribution >= 0.6 is 11.6 Å². The van der Waals surface area contributed by atoms with Gasteiger partial charge in [-0.15, -0.1) is 0 Å². The summed E-state index contributed by atoms with van der Waals surface area (Å²) < 4.78 is 16.2. The first-order valence-corrected chi connectivity index (χ1v) is 8.03. The number of imidazole rings is 1.